The molecular formula is C19H17NO3S. The van der Waals surface area contributed by atoms with Gasteiger partial charge in [-0.3, -0.25) is 9.59 Å². The molecule has 122 valence electrons. The molecule has 0 radical (unpaired) electrons. The van der Waals surface area contributed by atoms with E-state index in [9.17, 15) is 9.59 Å². The second kappa shape index (κ2) is 7.75. The zero-order valence-electron chi connectivity index (χ0n) is 13.0. The maximum Gasteiger partial charge on any atom is 0.306 e. The van der Waals surface area contributed by atoms with E-state index in [0.717, 1.165) is 16.3 Å². The summed E-state index contributed by atoms with van der Waals surface area (Å²) in [4.78, 5) is 23.6. The van der Waals surface area contributed by atoms with Gasteiger partial charge in [0.25, 0.3) is 5.91 Å². The summed E-state index contributed by atoms with van der Waals surface area (Å²) in [7, 11) is 0. The predicted molar refractivity (Wildman–Crippen MR) is 96.2 cm³/mol. The molecule has 5 heteroatoms. The third-order valence-corrected chi connectivity index (χ3v) is 4.33. The van der Waals surface area contributed by atoms with Crippen LogP contribution in [0.4, 0.5) is 5.69 Å². The highest BCUT2D eigenvalue weighted by atomic mass is 32.1. The first kappa shape index (κ1) is 16.2. The number of hydrogen-bond acceptors (Lipinski definition) is 4. The summed E-state index contributed by atoms with van der Waals surface area (Å²) in [6, 6.07) is 15.6. The summed E-state index contributed by atoms with van der Waals surface area (Å²) in [5.74, 6) is -0.705. The lowest BCUT2D eigenvalue weighted by Gasteiger charge is -2.07. The number of carbonyl (C=O) groups is 2. The Morgan fingerprint density at radius 1 is 1.04 bits per heavy atom. The van der Waals surface area contributed by atoms with Crippen LogP contribution in [0.25, 0.3) is 10.8 Å². The lowest BCUT2D eigenvalue weighted by molar-refractivity contribution is -0.147. The van der Waals surface area contributed by atoms with E-state index in [2.05, 4.69) is 5.32 Å². The monoisotopic (exact) mass is 339 g/mol. The maximum absolute atomic E-state index is 11.9. The van der Waals surface area contributed by atoms with Gasteiger partial charge in [0.2, 0.25) is 0 Å². The van der Waals surface area contributed by atoms with Gasteiger partial charge in [0.05, 0.1) is 0 Å². The Morgan fingerprint density at radius 3 is 2.67 bits per heavy atom. The summed E-state index contributed by atoms with van der Waals surface area (Å²) in [5, 5.41) is 8.87. The number of ether oxygens (including phenoxy) is 1. The van der Waals surface area contributed by atoms with E-state index >= 15 is 0 Å². The van der Waals surface area contributed by atoms with Crippen LogP contribution in [0.1, 0.15) is 12.0 Å². The molecule has 24 heavy (non-hydrogen) atoms. The number of rotatable bonds is 6. The highest BCUT2D eigenvalue weighted by Gasteiger charge is 2.09. The van der Waals surface area contributed by atoms with Crippen molar-refractivity contribution in [3.8, 4) is 0 Å². The summed E-state index contributed by atoms with van der Waals surface area (Å²) < 4.78 is 5.01. The van der Waals surface area contributed by atoms with Crippen molar-refractivity contribution in [2.45, 2.75) is 12.8 Å². The third-order valence-electron chi connectivity index (χ3n) is 3.60. The molecule has 0 saturated heterocycles. The van der Waals surface area contributed by atoms with Crippen molar-refractivity contribution in [1.82, 2.24) is 0 Å². The van der Waals surface area contributed by atoms with Gasteiger partial charge < -0.3 is 10.1 Å². The highest BCUT2D eigenvalue weighted by molar-refractivity contribution is 7.07. The van der Waals surface area contributed by atoms with Gasteiger partial charge in [-0.15, -0.1) is 0 Å². The van der Waals surface area contributed by atoms with Crippen LogP contribution in [0.15, 0.2) is 59.3 Å². The summed E-state index contributed by atoms with van der Waals surface area (Å²) >= 11 is 1.60. The smallest absolute Gasteiger partial charge is 0.306 e. The Morgan fingerprint density at radius 2 is 1.88 bits per heavy atom. The topological polar surface area (TPSA) is 55.4 Å². The average Bonchev–Trinajstić information content (AvgIpc) is 3.11. The number of fused-ring (bicyclic) bond motifs is 1. The van der Waals surface area contributed by atoms with Crippen LogP contribution in [0.3, 0.4) is 0 Å². The fraction of sp³-hybridized carbons (Fsp3) is 0.158. The minimum Gasteiger partial charge on any atom is -0.456 e. The number of aryl methyl sites for hydroxylation is 1. The zero-order valence-corrected chi connectivity index (χ0v) is 13.8. The van der Waals surface area contributed by atoms with Crippen molar-refractivity contribution in [2.24, 2.45) is 0 Å². The first-order valence-electron chi connectivity index (χ1n) is 7.66. The molecule has 1 amide bonds. The minimum absolute atomic E-state index is 0.269. The van der Waals surface area contributed by atoms with Crippen molar-refractivity contribution in [3.63, 3.8) is 0 Å². The first-order chi connectivity index (χ1) is 11.7. The van der Waals surface area contributed by atoms with Crippen LogP contribution in [-0.4, -0.2) is 18.5 Å². The Balaban J connectivity index is 1.46. The van der Waals surface area contributed by atoms with Gasteiger partial charge in [-0.1, -0.05) is 30.3 Å². The second-order valence-electron chi connectivity index (χ2n) is 5.40. The summed E-state index contributed by atoms with van der Waals surface area (Å²) in [6.45, 7) is -0.269. The third kappa shape index (κ3) is 4.43. The molecule has 0 fully saturated rings. The van der Waals surface area contributed by atoms with E-state index in [1.165, 1.54) is 0 Å². The summed E-state index contributed by atoms with van der Waals surface area (Å²) in [6.07, 6.45) is 0.911. The van der Waals surface area contributed by atoms with Gasteiger partial charge >= 0.3 is 5.97 Å². The van der Waals surface area contributed by atoms with E-state index < -0.39 is 0 Å². The Hall–Kier alpha value is -2.66. The molecule has 3 aromatic rings. The largest absolute Gasteiger partial charge is 0.456 e. The molecule has 0 unspecified atom stereocenters. The number of anilines is 1. The normalized spacial score (nSPS) is 10.5. The Bertz CT molecular complexity index is 843. The van der Waals surface area contributed by atoms with E-state index in [-0.39, 0.29) is 24.9 Å². The molecule has 3 rings (SSSR count). The van der Waals surface area contributed by atoms with Crippen LogP contribution in [-0.2, 0) is 20.7 Å². The quantitative estimate of drug-likeness (QED) is 0.690. The number of esters is 1. The number of thiophene rings is 1. The van der Waals surface area contributed by atoms with E-state index in [4.69, 9.17) is 4.74 Å². The Labute approximate surface area is 144 Å². The molecule has 1 N–H and O–H groups in total. The lowest BCUT2D eigenvalue weighted by atomic mass is 10.1. The van der Waals surface area contributed by atoms with Crippen LogP contribution in [0.2, 0.25) is 0 Å². The van der Waals surface area contributed by atoms with Crippen LogP contribution < -0.4 is 5.32 Å². The summed E-state index contributed by atoms with van der Waals surface area (Å²) in [5.41, 5.74) is 1.80. The molecule has 0 aliphatic carbocycles. The van der Waals surface area contributed by atoms with Gasteiger partial charge in [0.1, 0.15) is 0 Å². The molecule has 1 heterocycles. The number of amides is 1. The van der Waals surface area contributed by atoms with Gasteiger partial charge in [0.15, 0.2) is 6.61 Å². The molecule has 0 spiro atoms. The Kier molecular flexibility index (Phi) is 5.23. The standard InChI is InChI=1S/C19H17NO3S/c21-18(12-23-19(22)8-5-14-9-10-24-13-14)20-17-7-6-15-3-1-2-4-16(15)11-17/h1-4,6-7,9-11,13H,5,8,12H2,(H,20,21). The molecule has 0 bridgehead atoms. The van der Waals surface area contributed by atoms with E-state index in [1.54, 1.807) is 11.3 Å². The first-order valence-corrected chi connectivity index (χ1v) is 8.60. The predicted octanol–water partition coefficient (Wildman–Crippen LogP) is 4.02. The zero-order chi connectivity index (χ0) is 16.8. The lowest BCUT2D eigenvalue weighted by Crippen LogP contribution is -2.21. The van der Waals surface area contributed by atoms with Crippen molar-refractivity contribution in [1.29, 1.82) is 0 Å². The van der Waals surface area contributed by atoms with Gasteiger partial charge in [-0.05, 0) is 51.7 Å². The molecule has 4 nitrogen and oxygen atoms in total. The fourth-order valence-electron chi connectivity index (χ4n) is 2.36. The van der Waals surface area contributed by atoms with Crippen LogP contribution in [0, 0.1) is 0 Å². The van der Waals surface area contributed by atoms with Crippen molar-refractivity contribution in [3.05, 3.63) is 64.9 Å². The number of benzene rings is 2. The number of carbonyl (C=O) groups excluding carboxylic acids is 2. The second-order valence-corrected chi connectivity index (χ2v) is 6.18. The molecule has 0 aliphatic rings. The molecule has 0 atom stereocenters. The molecule has 0 saturated carbocycles. The van der Waals surface area contributed by atoms with Crippen LogP contribution in [0.5, 0.6) is 0 Å². The average molecular weight is 339 g/mol. The van der Waals surface area contributed by atoms with Gasteiger partial charge in [-0.25, -0.2) is 0 Å². The molecule has 0 aliphatic heterocycles. The van der Waals surface area contributed by atoms with Crippen molar-refractivity contribution in [2.75, 3.05) is 11.9 Å². The maximum atomic E-state index is 11.9. The van der Waals surface area contributed by atoms with Crippen molar-refractivity contribution < 1.29 is 14.3 Å². The van der Waals surface area contributed by atoms with E-state index in [1.807, 2.05) is 59.3 Å². The highest BCUT2D eigenvalue weighted by Crippen LogP contribution is 2.18. The molecule has 2 aromatic carbocycles. The van der Waals surface area contributed by atoms with Gasteiger partial charge in [0, 0.05) is 12.1 Å². The van der Waals surface area contributed by atoms with Crippen LogP contribution >= 0.6 is 11.3 Å². The fourth-order valence-corrected chi connectivity index (χ4v) is 3.07. The molecular weight excluding hydrogens is 322 g/mol. The van der Waals surface area contributed by atoms with E-state index in [0.29, 0.717) is 12.1 Å². The molecule has 1 aromatic heterocycles. The number of hydrogen-bond donors (Lipinski definition) is 1. The number of nitrogens with one attached hydrogen (secondary N) is 1. The minimum atomic E-state index is -0.366. The van der Waals surface area contributed by atoms with Gasteiger partial charge in [-0.2, -0.15) is 11.3 Å². The van der Waals surface area contributed by atoms with Crippen molar-refractivity contribution >= 4 is 39.7 Å². The SMILES string of the molecule is O=C(COC(=O)CCc1ccsc1)Nc1ccc2ccccc2c1.